The highest BCUT2D eigenvalue weighted by Crippen LogP contribution is 2.26. The molecule has 1 aromatic rings. The summed E-state index contributed by atoms with van der Waals surface area (Å²) in [6.45, 7) is 4.06. The van der Waals surface area contributed by atoms with E-state index < -0.39 is 0 Å². The van der Waals surface area contributed by atoms with Gasteiger partial charge in [-0.15, -0.1) is 0 Å². The van der Waals surface area contributed by atoms with E-state index in [1.807, 2.05) is 6.07 Å². The Morgan fingerprint density at radius 2 is 2.05 bits per heavy atom. The molecule has 2 aliphatic rings. The second-order valence-electron chi connectivity index (χ2n) is 6.11. The minimum Gasteiger partial charge on any atom is -0.352 e. The molecule has 0 amide bonds. The first kappa shape index (κ1) is 13.6. The number of benzene rings is 1. The van der Waals surface area contributed by atoms with Gasteiger partial charge in [-0.1, -0.05) is 6.07 Å². The zero-order chi connectivity index (χ0) is 14.1. The van der Waals surface area contributed by atoms with Crippen molar-refractivity contribution >= 4 is 5.84 Å². The van der Waals surface area contributed by atoms with Gasteiger partial charge in [0.15, 0.2) is 0 Å². The first-order chi connectivity index (χ1) is 9.63. The zero-order valence-electron chi connectivity index (χ0n) is 12.0. The van der Waals surface area contributed by atoms with Crippen molar-refractivity contribution in [2.45, 2.75) is 25.8 Å². The fraction of sp³-hybridized carbons (Fsp3) is 0.562. The van der Waals surface area contributed by atoms with Gasteiger partial charge in [0, 0.05) is 18.7 Å². The molecule has 20 heavy (non-hydrogen) atoms. The summed E-state index contributed by atoms with van der Waals surface area (Å²) >= 11 is 0. The summed E-state index contributed by atoms with van der Waals surface area (Å²) in [7, 11) is 2.18. The molecule has 0 aromatic heterocycles. The van der Waals surface area contributed by atoms with Crippen molar-refractivity contribution < 1.29 is 4.39 Å². The van der Waals surface area contributed by atoms with Crippen LogP contribution in [0.15, 0.2) is 18.2 Å². The van der Waals surface area contributed by atoms with Gasteiger partial charge in [0.25, 0.3) is 0 Å². The largest absolute Gasteiger partial charge is 0.352 e. The molecule has 3 nitrogen and oxygen atoms in total. The van der Waals surface area contributed by atoms with Crippen molar-refractivity contribution in [3.8, 4) is 0 Å². The van der Waals surface area contributed by atoms with Crippen LogP contribution in [0, 0.1) is 17.1 Å². The van der Waals surface area contributed by atoms with Crippen molar-refractivity contribution in [1.29, 1.82) is 5.41 Å². The van der Waals surface area contributed by atoms with Gasteiger partial charge in [0.1, 0.15) is 11.7 Å². The molecule has 3 rings (SSSR count). The first-order valence-corrected chi connectivity index (χ1v) is 7.44. The van der Waals surface area contributed by atoms with Gasteiger partial charge < -0.3 is 9.80 Å². The number of nitrogens with one attached hydrogen (secondary N) is 1. The molecule has 0 atom stereocenters. The van der Waals surface area contributed by atoms with Gasteiger partial charge in [-0.2, -0.15) is 0 Å². The first-order valence-electron chi connectivity index (χ1n) is 7.44. The van der Waals surface area contributed by atoms with E-state index in [2.05, 4.69) is 16.8 Å². The molecule has 1 aromatic carbocycles. The van der Waals surface area contributed by atoms with E-state index in [1.54, 1.807) is 0 Å². The maximum Gasteiger partial charge on any atom is 0.128 e. The third-order valence-electron chi connectivity index (χ3n) is 4.65. The normalized spacial score (nSPS) is 20.5. The Labute approximate surface area is 119 Å². The highest BCUT2D eigenvalue weighted by Gasteiger charge is 2.25. The number of halogens is 1. The number of amidine groups is 1. The van der Waals surface area contributed by atoms with Crippen LogP contribution < -0.4 is 0 Å². The van der Waals surface area contributed by atoms with Gasteiger partial charge in [-0.25, -0.2) is 4.39 Å². The Hall–Kier alpha value is -1.42. The van der Waals surface area contributed by atoms with E-state index in [0.29, 0.717) is 5.84 Å². The van der Waals surface area contributed by atoms with Crippen LogP contribution in [0.2, 0.25) is 0 Å². The third-order valence-corrected chi connectivity index (χ3v) is 4.65. The van der Waals surface area contributed by atoms with Crippen LogP contribution in [0.3, 0.4) is 0 Å². The number of nitrogens with zero attached hydrogens (tertiary/aromatic N) is 2. The molecular formula is C16H22FN3. The summed E-state index contributed by atoms with van der Waals surface area (Å²) in [6.07, 6.45) is 3.67. The summed E-state index contributed by atoms with van der Waals surface area (Å²) < 4.78 is 13.3. The zero-order valence-corrected chi connectivity index (χ0v) is 12.0. The number of fused-ring (bicyclic) bond motifs is 1. The van der Waals surface area contributed by atoms with E-state index in [4.69, 9.17) is 5.41 Å². The summed E-state index contributed by atoms with van der Waals surface area (Å²) in [6, 6.07) is 4.80. The topological polar surface area (TPSA) is 30.3 Å². The predicted molar refractivity (Wildman–Crippen MR) is 78.5 cm³/mol. The number of hydrogen-bond donors (Lipinski definition) is 1. The van der Waals surface area contributed by atoms with Crippen LogP contribution in [0.25, 0.3) is 0 Å². The summed E-state index contributed by atoms with van der Waals surface area (Å²) in [4.78, 5) is 4.47. The van der Waals surface area contributed by atoms with E-state index in [9.17, 15) is 4.39 Å². The Morgan fingerprint density at radius 1 is 1.30 bits per heavy atom. The van der Waals surface area contributed by atoms with Crippen molar-refractivity contribution in [1.82, 2.24) is 9.80 Å². The smallest absolute Gasteiger partial charge is 0.128 e. The molecule has 0 unspecified atom stereocenters. The van der Waals surface area contributed by atoms with Crippen LogP contribution in [-0.4, -0.2) is 42.3 Å². The van der Waals surface area contributed by atoms with Crippen LogP contribution in [-0.2, 0) is 6.54 Å². The van der Waals surface area contributed by atoms with Gasteiger partial charge in [-0.3, -0.25) is 5.41 Å². The minimum absolute atomic E-state index is 0.245. The van der Waals surface area contributed by atoms with Crippen molar-refractivity contribution in [2.24, 2.45) is 5.92 Å². The number of hydrogen-bond acceptors (Lipinski definition) is 2. The molecule has 108 valence electrons. The fourth-order valence-corrected chi connectivity index (χ4v) is 3.24. The quantitative estimate of drug-likeness (QED) is 0.919. The lowest BCUT2D eigenvalue weighted by atomic mass is 9.94. The molecule has 0 saturated carbocycles. The van der Waals surface area contributed by atoms with Crippen LogP contribution >= 0.6 is 0 Å². The molecule has 2 aliphatic heterocycles. The predicted octanol–water partition coefficient (Wildman–Crippen LogP) is 2.70. The van der Waals surface area contributed by atoms with E-state index >= 15 is 0 Å². The summed E-state index contributed by atoms with van der Waals surface area (Å²) in [5.41, 5.74) is 1.85. The molecular weight excluding hydrogens is 253 g/mol. The Bertz CT molecular complexity index is 506. The molecule has 0 aliphatic carbocycles. The lowest BCUT2D eigenvalue weighted by Gasteiger charge is -2.30. The molecule has 1 fully saturated rings. The lowest BCUT2D eigenvalue weighted by molar-refractivity contribution is 0.203. The molecule has 0 radical (unpaired) electrons. The van der Waals surface area contributed by atoms with Crippen molar-refractivity contribution in [2.75, 3.05) is 26.7 Å². The van der Waals surface area contributed by atoms with Gasteiger partial charge in [0.2, 0.25) is 0 Å². The monoisotopic (exact) mass is 275 g/mol. The second-order valence-corrected chi connectivity index (χ2v) is 6.11. The van der Waals surface area contributed by atoms with E-state index in [1.165, 1.54) is 38.1 Å². The lowest BCUT2D eigenvalue weighted by Crippen LogP contribution is -2.33. The molecule has 4 heteroatoms. The highest BCUT2D eigenvalue weighted by molar-refractivity contribution is 6.00. The highest BCUT2D eigenvalue weighted by atomic mass is 19.1. The molecule has 0 spiro atoms. The van der Waals surface area contributed by atoms with Gasteiger partial charge >= 0.3 is 0 Å². The van der Waals surface area contributed by atoms with Gasteiger partial charge in [0.05, 0.1) is 0 Å². The maximum atomic E-state index is 13.3. The summed E-state index contributed by atoms with van der Waals surface area (Å²) in [5.74, 6) is 1.03. The molecule has 2 heterocycles. The number of likely N-dealkylation sites (tertiary alicyclic amines) is 1. The summed E-state index contributed by atoms with van der Waals surface area (Å²) in [5, 5.41) is 8.18. The Kier molecular flexibility index (Phi) is 3.74. The minimum atomic E-state index is -0.245. The standard InChI is InChI=1S/C16H22FN3/c1-19-7-4-12(5-8-19)6-9-20-11-13-2-3-14(17)10-15(13)16(20)18/h2-3,10,12,18H,4-9,11H2,1H3. The van der Waals surface area contributed by atoms with Crippen molar-refractivity contribution in [3.63, 3.8) is 0 Å². The number of rotatable bonds is 3. The molecule has 1 N–H and O–H groups in total. The molecule has 1 saturated heterocycles. The average molecular weight is 275 g/mol. The Balaban J connectivity index is 1.57. The van der Waals surface area contributed by atoms with Crippen LogP contribution in [0.4, 0.5) is 4.39 Å². The average Bonchev–Trinajstić information content (AvgIpc) is 2.75. The Morgan fingerprint density at radius 3 is 2.80 bits per heavy atom. The fourth-order valence-electron chi connectivity index (χ4n) is 3.24. The number of piperidine rings is 1. The third kappa shape index (κ3) is 2.70. The van der Waals surface area contributed by atoms with Gasteiger partial charge in [-0.05, 0) is 63.0 Å². The molecule has 0 bridgehead atoms. The SMILES string of the molecule is CN1CCC(CCN2Cc3ccc(F)cc3C2=N)CC1. The maximum absolute atomic E-state index is 13.3. The van der Waals surface area contributed by atoms with Crippen LogP contribution in [0.1, 0.15) is 30.4 Å². The van der Waals surface area contributed by atoms with E-state index in [-0.39, 0.29) is 5.82 Å². The van der Waals surface area contributed by atoms with Crippen LogP contribution in [0.5, 0.6) is 0 Å². The van der Waals surface area contributed by atoms with Crippen molar-refractivity contribution in [3.05, 3.63) is 35.1 Å². The van der Waals surface area contributed by atoms with E-state index in [0.717, 1.165) is 36.6 Å². The second kappa shape index (κ2) is 5.52.